The molecule has 0 saturated heterocycles. The predicted octanol–water partition coefficient (Wildman–Crippen LogP) is 0.730. The minimum absolute atomic E-state index is 0.106. The van der Waals surface area contributed by atoms with Gasteiger partial charge in [0, 0.05) is 19.0 Å². The van der Waals surface area contributed by atoms with Crippen molar-refractivity contribution in [2.45, 2.75) is 20.8 Å². The first-order chi connectivity index (χ1) is 6.43. The minimum Gasteiger partial charge on any atom is -0.373 e. The fourth-order valence-electron chi connectivity index (χ4n) is 0.962. The highest BCUT2D eigenvalue weighted by Gasteiger charge is 2.09. The maximum atomic E-state index is 11.3. The van der Waals surface area contributed by atoms with Crippen LogP contribution >= 0.6 is 0 Å². The molecule has 0 aromatic rings. The summed E-state index contributed by atoms with van der Waals surface area (Å²) in [6.45, 7) is 7.54. The number of nitrogens with one attached hydrogen (secondary N) is 2. The van der Waals surface area contributed by atoms with Crippen LogP contribution in [-0.4, -0.2) is 43.2 Å². The molecule has 0 aliphatic rings. The first kappa shape index (κ1) is 13.1. The van der Waals surface area contributed by atoms with Crippen molar-refractivity contribution >= 4 is 11.6 Å². The summed E-state index contributed by atoms with van der Waals surface area (Å²) in [5.74, 6) is 0.836. The second-order valence-electron chi connectivity index (χ2n) is 3.91. The van der Waals surface area contributed by atoms with Gasteiger partial charge in [-0.3, -0.25) is 15.1 Å². The van der Waals surface area contributed by atoms with E-state index in [0.717, 1.165) is 13.1 Å². The Kier molecular flexibility index (Phi) is 6.12. The van der Waals surface area contributed by atoms with Gasteiger partial charge in [-0.15, -0.1) is 0 Å². The summed E-state index contributed by atoms with van der Waals surface area (Å²) in [5, 5.41) is 10.1. The molecule has 82 valence electrons. The van der Waals surface area contributed by atoms with Gasteiger partial charge in [0.25, 0.3) is 0 Å². The Balaban J connectivity index is 3.60. The van der Waals surface area contributed by atoms with E-state index in [1.807, 2.05) is 25.8 Å². The average molecular weight is 199 g/mol. The highest BCUT2D eigenvalue weighted by molar-refractivity contribution is 5.82. The fraction of sp³-hybridized carbons (Fsp3) is 0.800. The Hall–Kier alpha value is -0.900. The molecule has 0 fully saturated rings. The third kappa shape index (κ3) is 6.60. The molecule has 0 rings (SSSR count). The predicted molar refractivity (Wildman–Crippen MR) is 58.7 cm³/mol. The normalized spacial score (nSPS) is 10.7. The van der Waals surface area contributed by atoms with Crippen LogP contribution in [0, 0.1) is 11.3 Å². The Morgan fingerprint density at radius 2 is 2.07 bits per heavy atom. The lowest BCUT2D eigenvalue weighted by atomic mass is 10.1. The van der Waals surface area contributed by atoms with Crippen molar-refractivity contribution in [3.63, 3.8) is 0 Å². The monoisotopic (exact) mass is 199 g/mol. The molecule has 0 atom stereocenters. The van der Waals surface area contributed by atoms with Crippen molar-refractivity contribution in [3.05, 3.63) is 0 Å². The number of amidine groups is 1. The summed E-state index contributed by atoms with van der Waals surface area (Å²) in [6.07, 6.45) is 0. The lowest BCUT2D eigenvalue weighted by Gasteiger charge is -2.17. The number of hydrogen-bond acceptors (Lipinski definition) is 3. The summed E-state index contributed by atoms with van der Waals surface area (Å²) < 4.78 is 0. The standard InChI is InChI=1S/C10H21N3O/c1-8(2)10(14)7-13(4)6-5-12-9(3)11/h8H,5-7H2,1-4H3,(H2,11,12). The van der Waals surface area contributed by atoms with Gasteiger partial charge < -0.3 is 5.32 Å². The topological polar surface area (TPSA) is 56.2 Å². The molecular weight excluding hydrogens is 178 g/mol. The molecule has 0 spiro atoms. The highest BCUT2D eigenvalue weighted by atomic mass is 16.1. The number of hydrogen-bond donors (Lipinski definition) is 2. The van der Waals surface area contributed by atoms with Crippen molar-refractivity contribution in [2.75, 3.05) is 26.7 Å². The van der Waals surface area contributed by atoms with E-state index in [4.69, 9.17) is 5.41 Å². The summed E-state index contributed by atoms with van der Waals surface area (Å²) in [4.78, 5) is 13.3. The molecule has 0 aromatic heterocycles. The van der Waals surface area contributed by atoms with E-state index in [1.165, 1.54) is 0 Å². The van der Waals surface area contributed by atoms with Gasteiger partial charge in [-0.1, -0.05) is 13.8 Å². The van der Waals surface area contributed by atoms with Crippen LogP contribution in [0.1, 0.15) is 20.8 Å². The smallest absolute Gasteiger partial charge is 0.149 e. The fourth-order valence-corrected chi connectivity index (χ4v) is 0.962. The second kappa shape index (κ2) is 6.54. The van der Waals surface area contributed by atoms with Crippen molar-refractivity contribution in [2.24, 2.45) is 5.92 Å². The molecule has 0 radical (unpaired) electrons. The van der Waals surface area contributed by atoms with Gasteiger partial charge in [-0.25, -0.2) is 0 Å². The summed E-state index contributed by atoms with van der Waals surface area (Å²) >= 11 is 0. The van der Waals surface area contributed by atoms with Crippen LogP contribution in [0.3, 0.4) is 0 Å². The van der Waals surface area contributed by atoms with E-state index < -0.39 is 0 Å². The van der Waals surface area contributed by atoms with Gasteiger partial charge in [0.2, 0.25) is 0 Å². The van der Waals surface area contributed by atoms with E-state index >= 15 is 0 Å². The zero-order valence-electron chi connectivity index (χ0n) is 9.55. The molecule has 0 amide bonds. The van der Waals surface area contributed by atoms with E-state index in [9.17, 15) is 4.79 Å². The quantitative estimate of drug-likeness (QED) is 0.490. The molecule has 0 unspecified atom stereocenters. The Labute approximate surface area is 86.2 Å². The molecule has 2 N–H and O–H groups in total. The molecule has 0 heterocycles. The summed E-state index contributed by atoms with van der Waals surface area (Å²) in [6, 6.07) is 0. The maximum Gasteiger partial charge on any atom is 0.149 e. The van der Waals surface area contributed by atoms with E-state index in [2.05, 4.69) is 5.32 Å². The number of carbonyl (C=O) groups excluding carboxylic acids is 1. The number of ketones is 1. The van der Waals surface area contributed by atoms with Crippen molar-refractivity contribution in [1.82, 2.24) is 10.2 Å². The third-order valence-electron chi connectivity index (χ3n) is 1.95. The van der Waals surface area contributed by atoms with Crippen LogP contribution in [0.2, 0.25) is 0 Å². The van der Waals surface area contributed by atoms with Crippen molar-refractivity contribution in [3.8, 4) is 0 Å². The van der Waals surface area contributed by atoms with Crippen LogP contribution in [-0.2, 0) is 4.79 Å². The SMILES string of the molecule is CC(=N)NCCN(C)CC(=O)C(C)C. The lowest BCUT2D eigenvalue weighted by molar-refractivity contribution is -0.122. The van der Waals surface area contributed by atoms with Crippen LogP contribution in [0.5, 0.6) is 0 Å². The molecule has 0 bridgehead atoms. The number of rotatable bonds is 6. The van der Waals surface area contributed by atoms with Crippen LogP contribution < -0.4 is 5.32 Å². The minimum atomic E-state index is 0.106. The first-order valence-electron chi connectivity index (χ1n) is 4.93. The maximum absolute atomic E-state index is 11.3. The molecule has 4 heteroatoms. The lowest BCUT2D eigenvalue weighted by Crippen LogP contribution is -2.35. The van der Waals surface area contributed by atoms with Gasteiger partial charge >= 0.3 is 0 Å². The molecule has 14 heavy (non-hydrogen) atoms. The zero-order valence-corrected chi connectivity index (χ0v) is 9.55. The highest BCUT2D eigenvalue weighted by Crippen LogP contribution is 1.95. The van der Waals surface area contributed by atoms with E-state index in [0.29, 0.717) is 12.4 Å². The molecule has 0 saturated carbocycles. The zero-order chi connectivity index (χ0) is 11.1. The summed E-state index contributed by atoms with van der Waals surface area (Å²) in [5.41, 5.74) is 0. The largest absolute Gasteiger partial charge is 0.373 e. The van der Waals surface area contributed by atoms with Gasteiger partial charge in [-0.2, -0.15) is 0 Å². The van der Waals surface area contributed by atoms with Gasteiger partial charge in [-0.05, 0) is 14.0 Å². The van der Waals surface area contributed by atoms with Crippen molar-refractivity contribution < 1.29 is 4.79 Å². The Bertz CT molecular complexity index is 202. The number of carbonyl (C=O) groups is 1. The van der Waals surface area contributed by atoms with E-state index in [-0.39, 0.29) is 11.7 Å². The molecule has 0 aromatic carbocycles. The molecule has 0 aliphatic carbocycles. The second-order valence-corrected chi connectivity index (χ2v) is 3.91. The Morgan fingerprint density at radius 3 is 2.50 bits per heavy atom. The first-order valence-corrected chi connectivity index (χ1v) is 4.93. The van der Waals surface area contributed by atoms with Crippen LogP contribution in [0.15, 0.2) is 0 Å². The van der Waals surface area contributed by atoms with Crippen LogP contribution in [0.25, 0.3) is 0 Å². The van der Waals surface area contributed by atoms with Crippen molar-refractivity contribution in [1.29, 1.82) is 5.41 Å². The number of nitrogens with zero attached hydrogens (tertiary/aromatic N) is 1. The average Bonchev–Trinajstić information content (AvgIpc) is 2.02. The van der Waals surface area contributed by atoms with E-state index in [1.54, 1.807) is 6.92 Å². The number of likely N-dealkylation sites (N-methyl/N-ethyl adjacent to an activating group) is 1. The molecule has 0 aliphatic heterocycles. The number of Topliss-reactive ketones (excluding diaryl/α,β-unsaturated/α-hetero) is 1. The third-order valence-corrected chi connectivity index (χ3v) is 1.95. The Morgan fingerprint density at radius 1 is 1.50 bits per heavy atom. The van der Waals surface area contributed by atoms with Gasteiger partial charge in [0.15, 0.2) is 0 Å². The summed E-state index contributed by atoms with van der Waals surface area (Å²) in [7, 11) is 1.92. The van der Waals surface area contributed by atoms with Gasteiger partial charge in [0.1, 0.15) is 5.78 Å². The van der Waals surface area contributed by atoms with Gasteiger partial charge in [0.05, 0.1) is 12.4 Å². The van der Waals surface area contributed by atoms with Crippen LogP contribution in [0.4, 0.5) is 0 Å². The molecular formula is C10H21N3O. The molecule has 4 nitrogen and oxygen atoms in total.